The molecule has 0 aliphatic heterocycles. The Kier molecular flexibility index (Phi) is 7.28. The van der Waals surface area contributed by atoms with Crippen LogP contribution in [0.4, 0.5) is 13.2 Å². The molecule has 0 aliphatic carbocycles. The van der Waals surface area contributed by atoms with Crippen LogP contribution in [0.1, 0.15) is 30.7 Å². The topological polar surface area (TPSA) is 67.6 Å². The normalized spacial score (nSPS) is 12.3. The summed E-state index contributed by atoms with van der Waals surface area (Å²) in [5, 5.41) is 14.0. The van der Waals surface area contributed by atoms with Gasteiger partial charge in [-0.25, -0.2) is 4.79 Å². The van der Waals surface area contributed by atoms with Gasteiger partial charge < -0.3 is 9.84 Å². The zero-order valence-corrected chi connectivity index (χ0v) is 19.9. The average molecular weight is 496 g/mol. The van der Waals surface area contributed by atoms with Crippen LogP contribution in [0.25, 0.3) is 11.3 Å². The maximum absolute atomic E-state index is 12.8. The fraction of sp³-hybridized carbons (Fsp3) is 0.333. The molecule has 1 heterocycles. The monoisotopic (exact) mass is 495 g/mol. The summed E-state index contributed by atoms with van der Waals surface area (Å²) in [6.07, 6.45) is -4.38. The van der Waals surface area contributed by atoms with Gasteiger partial charge in [-0.3, -0.25) is 9.58 Å². The second kappa shape index (κ2) is 9.68. The lowest BCUT2D eigenvalue weighted by molar-refractivity contribution is -0.152. The van der Waals surface area contributed by atoms with E-state index in [1.54, 1.807) is 23.9 Å². The van der Waals surface area contributed by atoms with E-state index in [2.05, 4.69) is 5.10 Å². The summed E-state index contributed by atoms with van der Waals surface area (Å²) in [6.45, 7) is 3.97. The smallest absolute Gasteiger partial charge is 0.416 e. The predicted molar refractivity (Wildman–Crippen MR) is 123 cm³/mol. The predicted octanol–water partition coefficient (Wildman–Crippen LogP) is 5.63. The number of nitrogens with zero attached hydrogens (tertiary/aromatic N) is 3. The Balaban J connectivity index is 1.67. The van der Waals surface area contributed by atoms with Crippen LogP contribution in [-0.2, 0) is 31.1 Å². The third-order valence-corrected chi connectivity index (χ3v) is 5.54. The molecule has 182 valence electrons. The van der Waals surface area contributed by atoms with Crippen molar-refractivity contribution in [1.29, 1.82) is 0 Å². The van der Waals surface area contributed by atoms with Crippen LogP contribution in [0.3, 0.4) is 0 Å². The standard InChI is InChI=1S/C24H25ClF3N3O3/c1-23(2,22(32)33)34-21-10-5-15(11-19(21)25)13-30(3)14-18-12-20(29-31(18)4)16-6-8-17(9-7-16)24(26,27)28/h5-12H,13-14H2,1-4H3,(H,32,33). The fourth-order valence-corrected chi connectivity index (χ4v) is 3.55. The van der Waals surface area contributed by atoms with Crippen molar-refractivity contribution in [3.05, 3.63) is 70.4 Å². The van der Waals surface area contributed by atoms with E-state index in [4.69, 9.17) is 16.3 Å². The van der Waals surface area contributed by atoms with Gasteiger partial charge in [-0.15, -0.1) is 0 Å². The van der Waals surface area contributed by atoms with E-state index >= 15 is 0 Å². The number of carboxylic acid groups (broad SMARTS) is 1. The summed E-state index contributed by atoms with van der Waals surface area (Å²) in [5.41, 5.74) is 0.861. The summed E-state index contributed by atoms with van der Waals surface area (Å²) in [5.74, 6) is -0.812. The van der Waals surface area contributed by atoms with Crippen LogP contribution in [0.15, 0.2) is 48.5 Å². The van der Waals surface area contributed by atoms with Crippen LogP contribution < -0.4 is 4.74 Å². The van der Waals surface area contributed by atoms with Gasteiger partial charge in [-0.2, -0.15) is 18.3 Å². The van der Waals surface area contributed by atoms with Gasteiger partial charge in [0.2, 0.25) is 0 Å². The van der Waals surface area contributed by atoms with Gasteiger partial charge in [0.25, 0.3) is 0 Å². The molecule has 0 bridgehead atoms. The molecule has 0 aliphatic rings. The van der Waals surface area contributed by atoms with E-state index in [1.807, 2.05) is 24.1 Å². The molecule has 10 heteroatoms. The summed E-state index contributed by atoms with van der Waals surface area (Å²) in [6, 6.07) is 11.9. The van der Waals surface area contributed by atoms with Crippen LogP contribution >= 0.6 is 11.6 Å². The van der Waals surface area contributed by atoms with Crippen LogP contribution in [-0.4, -0.2) is 38.4 Å². The van der Waals surface area contributed by atoms with Gasteiger partial charge >= 0.3 is 12.1 Å². The number of aromatic nitrogens is 2. The highest BCUT2D eigenvalue weighted by atomic mass is 35.5. The lowest BCUT2D eigenvalue weighted by Gasteiger charge is -2.23. The van der Waals surface area contributed by atoms with E-state index < -0.39 is 23.3 Å². The van der Waals surface area contributed by atoms with Gasteiger partial charge in [0.1, 0.15) is 5.75 Å². The largest absolute Gasteiger partial charge is 0.478 e. The van der Waals surface area contributed by atoms with Crippen molar-refractivity contribution >= 4 is 17.6 Å². The van der Waals surface area contributed by atoms with Crippen molar-refractivity contribution in [1.82, 2.24) is 14.7 Å². The SMILES string of the molecule is CN(Cc1ccc(OC(C)(C)C(=O)O)c(Cl)c1)Cc1cc(-c2ccc(C(F)(F)F)cc2)nn1C. The Morgan fingerprint density at radius 1 is 1.12 bits per heavy atom. The highest BCUT2D eigenvalue weighted by Gasteiger charge is 2.31. The van der Waals surface area contributed by atoms with Crippen LogP contribution in [0.5, 0.6) is 5.75 Å². The summed E-state index contributed by atoms with van der Waals surface area (Å²) < 4.78 is 45.6. The highest BCUT2D eigenvalue weighted by Crippen LogP contribution is 2.31. The molecule has 0 spiro atoms. The number of ether oxygens (including phenoxy) is 1. The number of carbonyl (C=O) groups is 1. The van der Waals surface area contributed by atoms with E-state index in [-0.39, 0.29) is 5.75 Å². The van der Waals surface area contributed by atoms with Gasteiger partial charge in [-0.1, -0.05) is 29.8 Å². The number of aliphatic carboxylic acids is 1. The molecule has 0 amide bonds. The summed E-state index contributed by atoms with van der Waals surface area (Å²) in [4.78, 5) is 13.3. The molecule has 3 aromatic rings. The Labute approximate surface area is 200 Å². The molecule has 3 rings (SSSR count). The molecule has 1 aromatic heterocycles. The van der Waals surface area contributed by atoms with Gasteiger partial charge in [0.15, 0.2) is 5.60 Å². The van der Waals surface area contributed by atoms with Crippen molar-refractivity contribution in [2.45, 2.75) is 38.7 Å². The minimum atomic E-state index is -4.38. The van der Waals surface area contributed by atoms with E-state index in [0.29, 0.717) is 29.4 Å². The number of benzene rings is 2. The average Bonchev–Trinajstić information content (AvgIpc) is 3.09. The van der Waals surface area contributed by atoms with Crippen LogP contribution in [0, 0.1) is 0 Å². The molecule has 34 heavy (non-hydrogen) atoms. The quantitative estimate of drug-likeness (QED) is 0.438. The summed E-state index contributed by atoms with van der Waals surface area (Å²) in [7, 11) is 3.70. The Morgan fingerprint density at radius 2 is 1.76 bits per heavy atom. The van der Waals surface area contributed by atoms with Gasteiger partial charge in [0.05, 0.1) is 22.0 Å². The third-order valence-electron chi connectivity index (χ3n) is 5.25. The molecular formula is C24H25ClF3N3O3. The first-order valence-electron chi connectivity index (χ1n) is 10.4. The number of carboxylic acids is 1. The van der Waals surface area contributed by atoms with E-state index in [1.165, 1.54) is 26.0 Å². The maximum atomic E-state index is 12.8. The maximum Gasteiger partial charge on any atom is 0.416 e. The minimum Gasteiger partial charge on any atom is -0.478 e. The van der Waals surface area contributed by atoms with Crippen molar-refractivity contribution < 1.29 is 27.8 Å². The molecule has 1 N–H and O–H groups in total. The fourth-order valence-electron chi connectivity index (χ4n) is 3.31. The highest BCUT2D eigenvalue weighted by molar-refractivity contribution is 6.32. The number of rotatable bonds is 8. The number of hydrogen-bond donors (Lipinski definition) is 1. The van der Waals surface area contributed by atoms with Gasteiger partial charge in [-0.05, 0) is 56.8 Å². The number of aryl methyl sites for hydroxylation is 1. The molecule has 2 aromatic carbocycles. The van der Waals surface area contributed by atoms with Crippen molar-refractivity contribution in [2.24, 2.45) is 7.05 Å². The zero-order valence-electron chi connectivity index (χ0n) is 19.2. The number of halogens is 4. The second-order valence-electron chi connectivity index (χ2n) is 8.57. The Bertz CT molecular complexity index is 1170. The first kappa shape index (κ1) is 25.6. The molecule has 0 saturated carbocycles. The molecule has 0 radical (unpaired) electrons. The lowest BCUT2D eigenvalue weighted by atomic mass is 10.1. The number of alkyl halides is 3. The van der Waals surface area contributed by atoms with E-state index in [9.17, 15) is 23.1 Å². The Hall–Kier alpha value is -3.04. The van der Waals surface area contributed by atoms with E-state index in [0.717, 1.165) is 23.4 Å². The zero-order chi connectivity index (χ0) is 25.3. The van der Waals surface area contributed by atoms with Gasteiger partial charge in [0, 0.05) is 25.7 Å². The minimum absolute atomic E-state index is 0.285. The van der Waals surface area contributed by atoms with Crippen molar-refractivity contribution in [3.63, 3.8) is 0 Å². The van der Waals surface area contributed by atoms with Crippen molar-refractivity contribution in [2.75, 3.05) is 7.05 Å². The first-order chi connectivity index (χ1) is 15.8. The molecule has 0 unspecified atom stereocenters. The second-order valence-corrected chi connectivity index (χ2v) is 8.98. The van der Waals surface area contributed by atoms with Crippen LogP contribution in [0.2, 0.25) is 5.02 Å². The molecule has 0 saturated heterocycles. The summed E-state index contributed by atoms with van der Waals surface area (Å²) >= 11 is 6.30. The van der Waals surface area contributed by atoms with Crippen molar-refractivity contribution in [3.8, 4) is 17.0 Å². The lowest BCUT2D eigenvalue weighted by Crippen LogP contribution is -2.37. The molecule has 0 fully saturated rings. The first-order valence-corrected chi connectivity index (χ1v) is 10.7. The molecule has 0 atom stereocenters. The molecular weight excluding hydrogens is 471 g/mol. The number of hydrogen-bond acceptors (Lipinski definition) is 4. The third kappa shape index (κ3) is 6.09. The molecule has 6 nitrogen and oxygen atoms in total. The Morgan fingerprint density at radius 3 is 2.32 bits per heavy atom.